The summed E-state index contributed by atoms with van der Waals surface area (Å²) >= 11 is 1.40. The number of benzene rings is 1. The maximum atomic E-state index is 12.0. The van der Waals surface area contributed by atoms with Gasteiger partial charge in [-0.2, -0.15) is 5.10 Å². The van der Waals surface area contributed by atoms with Gasteiger partial charge in [-0.3, -0.25) is 4.79 Å². The van der Waals surface area contributed by atoms with Crippen molar-refractivity contribution in [3.63, 3.8) is 0 Å². The Balaban J connectivity index is 1.44. The van der Waals surface area contributed by atoms with Crippen molar-refractivity contribution < 1.29 is 9.53 Å². The Hall–Kier alpha value is -3.52. The van der Waals surface area contributed by atoms with Gasteiger partial charge in [-0.05, 0) is 41.8 Å². The maximum Gasteiger partial charge on any atom is 0.265 e. The molecule has 0 aliphatic rings. The van der Waals surface area contributed by atoms with Crippen molar-refractivity contribution in [3.05, 3.63) is 77.5 Å². The topological polar surface area (TPSA) is 81.9 Å². The van der Waals surface area contributed by atoms with Crippen molar-refractivity contribution >= 4 is 22.9 Å². The van der Waals surface area contributed by atoms with E-state index in [1.165, 1.54) is 17.7 Å². The van der Waals surface area contributed by atoms with Gasteiger partial charge in [0.1, 0.15) is 12.1 Å². The molecule has 0 spiro atoms. The van der Waals surface area contributed by atoms with E-state index in [0.717, 1.165) is 0 Å². The number of nitrogens with one attached hydrogen (secondary N) is 1. The molecule has 7 nitrogen and oxygen atoms in total. The molecule has 26 heavy (non-hydrogen) atoms. The lowest BCUT2D eigenvalue weighted by Crippen LogP contribution is -2.09. The van der Waals surface area contributed by atoms with Crippen LogP contribution in [0.5, 0.6) is 11.6 Å². The van der Waals surface area contributed by atoms with Crippen LogP contribution in [-0.4, -0.2) is 25.7 Å². The second-order valence-electron chi connectivity index (χ2n) is 5.22. The first-order valence-electron chi connectivity index (χ1n) is 7.73. The summed E-state index contributed by atoms with van der Waals surface area (Å²) in [6.07, 6.45) is 4.88. The van der Waals surface area contributed by atoms with E-state index in [0.29, 0.717) is 28.0 Å². The number of rotatable bonds is 5. The number of hydrogen-bond acceptors (Lipinski definition) is 6. The number of ether oxygens (including phenoxy) is 1. The monoisotopic (exact) mass is 363 g/mol. The van der Waals surface area contributed by atoms with Crippen molar-refractivity contribution in [2.45, 2.75) is 0 Å². The molecule has 0 saturated carbocycles. The van der Waals surface area contributed by atoms with Gasteiger partial charge >= 0.3 is 0 Å². The molecule has 4 aromatic rings. The normalized spacial score (nSPS) is 10.5. The minimum Gasteiger partial charge on any atom is -0.439 e. The van der Waals surface area contributed by atoms with Crippen LogP contribution in [0.3, 0.4) is 0 Å². The van der Waals surface area contributed by atoms with E-state index in [-0.39, 0.29) is 5.91 Å². The zero-order valence-electron chi connectivity index (χ0n) is 13.4. The van der Waals surface area contributed by atoms with Crippen LogP contribution < -0.4 is 10.1 Å². The number of amides is 1. The van der Waals surface area contributed by atoms with Crippen LogP contribution in [-0.2, 0) is 0 Å². The van der Waals surface area contributed by atoms with Crippen LogP contribution >= 0.6 is 11.3 Å². The van der Waals surface area contributed by atoms with Gasteiger partial charge in [-0.1, -0.05) is 6.07 Å². The molecule has 1 N–H and O–H groups in total. The van der Waals surface area contributed by atoms with E-state index in [2.05, 4.69) is 20.4 Å². The maximum absolute atomic E-state index is 12.0. The minimum atomic E-state index is -0.131. The van der Waals surface area contributed by atoms with E-state index in [1.807, 2.05) is 17.5 Å². The van der Waals surface area contributed by atoms with E-state index in [9.17, 15) is 4.79 Å². The summed E-state index contributed by atoms with van der Waals surface area (Å²) in [6, 6.07) is 14.2. The molecule has 1 aromatic carbocycles. The first-order valence-corrected chi connectivity index (χ1v) is 8.61. The third-order valence-electron chi connectivity index (χ3n) is 3.45. The molecule has 8 heteroatoms. The highest BCUT2D eigenvalue weighted by Gasteiger charge is 2.07. The van der Waals surface area contributed by atoms with Crippen molar-refractivity contribution in [2.75, 3.05) is 5.32 Å². The second kappa shape index (κ2) is 7.16. The fraction of sp³-hybridized carbons (Fsp3) is 0. The molecule has 0 fully saturated rings. The summed E-state index contributed by atoms with van der Waals surface area (Å²) in [4.78, 5) is 21.0. The van der Waals surface area contributed by atoms with E-state index in [4.69, 9.17) is 4.74 Å². The predicted molar refractivity (Wildman–Crippen MR) is 97.9 cm³/mol. The zero-order valence-corrected chi connectivity index (χ0v) is 14.3. The van der Waals surface area contributed by atoms with Crippen molar-refractivity contribution in [1.82, 2.24) is 19.7 Å². The van der Waals surface area contributed by atoms with Crippen LogP contribution in [0.25, 0.3) is 5.82 Å². The van der Waals surface area contributed by atoms with Crippen LogP contribution in [0.4, 0.5) is 5.69 Å². The van der Waals surface area contributed by atoms with Crippen molar-refractivity contribution in [2.24, 2.45) is 0 Å². The molecular formula is C18H13N5O2S. The molecule has 0 radical (unpaired) electrons. The van der Waals surface area contributed by atoms with Gasteiger partial charge in [-0.25, -0.2) is 14.6 Å². The lowest BCUT2D eigenvalue weighted by Gasteiger charge is -2.08. The molecule has 0 aliphatic heterocycles. The first kappa shape index (κ1) is 16.0. The van der Waals surface area contributed by atoms with Gasteiger partial charge in [0.15, 0.2) is 5.82 Å². The van der Waals surface area contributed by atoms with E-state index >= 15 is 0 Å². The summed E-state index contributed by atoms with van der Waals surface area (Å²) in [5, 5.41) is 8.83. The SMILES string of the molecule is O=C(Nc1ccc(Oc2cc(-n3cccn3)ncn2)cc1)c1cccs1. The Morgan fingerprint density at radius 1 is 1.12 bits per heavy atom. The summed E-state index contributed by atoms with van der Waals surface area (Å²) in [7, 11) is 0. The average molecular weight is 363 g/mol. The summed E-state index contributed by atoms with van der Waals surface area (Å²) in [5.74, 6) is 1.48. The van der Waals surface area contributed by atoms with Gasteiger partial charge in [0.25, 0.3) is 5.91 Å². The van der Waals surface area contributed by atoms with Crippen LogP contribution in [0, 0.1) is 0 Å². The van der Waals surface area contributed by atoms with Crippen LogP contribution in [0.1, 0.15) is 9.67 Å². The molecule has 0 atom stereocenters. The predicted octanol–water partition coefficient (Wildman–Crippen LogP) is 3.77. The Morgan fingerprint density at radius 2 is 2.00 bits per heavy atom. The number of thiophene rings is 1. The van der Waals surface area contributed by atoms with Gasteiger partial charge in [0, 0.05) is 24.1 Å². The Bertz CT molecular complexity index is 999. The number of hydrogen-bond donors (Lipinski definition) is 1. The number of anilines is 1. The average Bonchev–Trinajstić information content (AvgIpc) is 3.38. The molecule has 1 amide bonds. The number of nitrogens with zero attached hydrogens (tertiary/aromatic N) is 4. The third kappa shape index (κ3) is 3.60. The first-order chi connectivity index (χ1) is 12.8. The fourth-order valence-corrected chi connectivity index (χ4v) is 2.86. The summed E-state index contributed by atoms with van der Waals surface area (Å²) in [6.45, 7) is 0. The molecule has 4 rings (SSSR count). The number of aromatic nitrogens is 4. The summed E-state index contributed by atoms with van der Waals surface area (Å²) in [5.41, 5.74) is 0.690. The zero-order chi connectivity index (χ0) is 17.8. The molecule has 3 aromatic heterocycles. The number of carbonyl (C=O) groups is 1. The van der Waals surface area contributed by atoms with Gasteiger partial charge in [-0.15, -0.1) is 11.3 Å². The summed E-state index contributed by atoms with van der Waals surface area (Å²) < 4.78 is 7.37. The Labute approximate surface area is 152 Å². The Morgan fingerprint density at radius 3 is 2.73 bits per heavy atom. The fourth-order valence-electron chi connectivity index (χ4n) is 2.24. The quantitative estimate of drug-likeness (QED) is 0.584. The van der Waals surface area contributed by atoms with E-state index in [1.54, 1.807) is 53.5 Å². The lowest BCUT2D eigenvalue weighted by atomic mass is 10.3. The van der Waals surface area contributed by atoms with Crippen LogP contribution in [0.15, 0.2) is 72.6 Å². The van der Waals surface area contributed by atoms with Gasteiger partial charge < -0.3 is 10.1 Å². The molecule has 0 bridgehead atoms. The minimum absolute atomic E-state index is 0.131. The standard InChI is InChI=1S/C18H13N5O2S/c24-18(15-3-1-10-26-15)22-13-4-6-14(7-5-13)25-17-11-16(19-12-20-17)23-9-2-8-21-23/h1-12H,(H,22,24). The third-order valence-corrected chi connectivity index (χ3v) is 4.31. The van der Waals surface area contributed by atoms with Gasteiger partial charge in [0.2, 0.25) is 5.88 Å². The molecule has 0 saturated heterocycles. The number of carbonyl (C=O) groups excluding carboxylic acids is 1. The molecule has 0 unspecified atom stereocenters. The molecule has 128 valence electrons. The van der Waals surface area contributed by atoms with Gasteiger partial charge in [0.05, 0.1) is 4.88 Å². The Kier molecular flexibility index (Phi) is 4.40. The molecule has 3 heterocycles. The van der Waals surface area contributed by atoms with Crippen molar-refractivity contribution in [1.29, 1.82) is 0 Å². The smallest absolute Gasteiger partial charge is 0.265 e. The highest BCUT2D eigenvalue weighted by atomic mass is 32.1. The van der Waals surface area contributed by atoms with Crippen LogP contribution in [0.2, 0.25) is 0 Å². The van der Waals surface area contributed by atoms with E-state index < -0.39 is 0 Å². The lowest BCUT2D eigenvalue weighted by molar-refractivity contribution is 0.103. The highest BCUT2D eigenvalue weighted by Crippen LogP contribution is 2.22. The largest absolute Gasteiger partial charge is 0.439 e. The molecule has 0 aliphatic carbocycles. The highest BCUT2D eigenvalue weighted by molar-refractivity contribution is 7.12. The second-order valence-corrected chi connectivity index (χ2v) is 6.17. The van der Waals surface area contributed by atoms with Crippen molar-refractivity contribution in [3.8, 4) is 17.4 Å². The molecular weight excluding hydrogens is 350 g/mol.